The van der Waals surface area contributed by atoms with Crippen LogP contribution in [0.4, 0.5) is 0 Å². The Morgan fingerprint density at radius 2 is 1.80 bits per heavy atom. The molecule has 1 heterocycles. The van der Waals surface area contributed by atoms with Crippen molar-refractivity contribution in [1.82, 2.24) is 20.1 Å². The van der Waals surface area contributed by atoms with E-state index in [0.717, 1.165) is 27.9 Å². The molecule has 0 radical (unpaired) electrons. The molecule has 7 heteroatoms. The van der Waals surface area contributed by atoms with Crippen molar-refractivity contribution in [3.8, 4) is 17.1 Å². The molecule has 158 valence electrons. The highest BCUT2D eigenvalue weighted by molar-refractivity contribution is 7.99. The van der Waals surface area contributed by atoms with Crippen LogP contribution in [0.2, 0.25) is 0 Å². The molecule has 1 aromatic heterocycles. The highest BCUT2D eigenvalue weighted by Gasteiger charge is 2.20. The summed E-state index contributed by atoms with van der Waals surface area (Å²) in [5.74, 6) is 2.03. The molecule has 1 N–H and O–H groups in total. The summed E-state index contributed by atoms with van der Waals surface area (Å²) in [7, 11) is 1.64. The van der Waals surface area contributed by atoms with E-state index >= 15 is 0 Å². The van der Waals surface area contributed by atoms with Gasteiger partial charge in [-0.05, 0) is 30.5 Å². The number of hydrogen-bond donors (Lipinski definition) is 1. The van der Waals surface area contributed by atoms with Crippen LogP contribution in [-0.4, -0.2) is 33.5 Å². The number of benzene rings is 2. The van der Waals surface area contributed by atoms with E-state index in [9.17, 15) is 4.79 Å². The Balaban J connectivity index is 1.71. The average molecular weight is 425 g/mol. The Labute approximate surface area is 182 Å². The molecule has 2 aromatic carbocycles. The van der Waals surface area contributed by atoms with Gasteiger partial charge in [-0.2, -0.15) is 0 Å². The maximum absolute atomic E-state index is 12.7. The van der Waals surface area contributed by atoms with Gasteiger partial charge in [0.25, 0.3) is 0 Å². The Hall–Kier alpha value is -2.80. The molecule has 0 bridgehead atoms. The number of carbonyl (C=O) groups excluding carboxylic acids is 1. The van der Waals surface area contributed by atoms with Gasteiger partial charge >= 0.3 is 0 Å². The molecular formula is C23H28N4O2S. The van der Waals surface area contributed by atoms with Crippen LogP contribution in [0.25, 0.3) is 11.4 Å². The number of carbonyl (C=O) groups is 1. The number of aromatic nitrogens is 3. The van der Waals surface area contributed by atoms with Crippen LogP contribution in [0.3, 0.4) is 0 Å². The number of nitrogens with zero attached hydrogens (tertiary/aromatic N) is 3. The third kappa shape index (κ3) is 5.02. The standard InChI is InChI=1S/C23H28N4O2S/c1-5-27-22(18-13-9-10-14-19(18)29-4)25-26-23(27)30-15-20(28)24-21(16(2)3)17-11-7-6-8-12-17/h6-14,16,21H,5,15H2,1-4H3,(H,24,28). The van der Waals surface area contributed by atoms with E-state index < -0.39 is 0 Å². The number of thioether (sulfide) groups is 1. The topological polar surface area (TPSA) is 69.0 Å². The lowest BCUT2D eigenvalue weighted by Crippen LogP contribution is -2.33. The quantitative estimate of drug-likeness (QED) is 0.509. The number of amides is 1. The van der Waals surface area contributed by atoms with Crippen molar-refractivity contribution in [2.24, 2.45) is 5.92 Å². The molecule has 1 atom stereocenters. The molecule has 0 saturated carbocycles. The van der Waals surface area contributed by atoms with E-state index in [0.29, 0.717) is 6.54 Å². The molecule has 6 nitrogen and oxygen atoms in total. The fourth-order valence-electron chi connectivity index (χ4n) is 3.35. The van der Waals surface area contributed by atoms with Gasteiger partial charge in [0.2, 0.25) is 5.91 Å². The van der Waals surface area contributed by atoms with E-state index in [1.54, 1.807) is 7.11 Å². The molecule has 1 unspecified atom stereocenters. The molecular weight excluding hydrogens is 396 g/mol. The van der Waals surface area contributed by atoms with E-state index in [2.05, 4.69) is 29.4 Å². The van der Waals surface area contributed by atoms with Gasteiger partial charge in [-0.25, -0.2) is 0 Å². The second kappa shape index (κ2) is 10.3. The second-order valence-corrected chi connectivity index (χ2v) is 8.18. The molecule has 0 saturated heterocycles. The third-order valence-corrected chi connectivity index (χ3v) is 5.82. The lowest BCUT2D eigenvalue weighted by Gasteiger charge is -2.22. The highest BCUT2D eigenvalue weighted by Crippen LogP contribution is 2.31. The van der Waals surface area contributed by atoms with Crippen molar-refractivity contribution >= 4 is 17.7 Å². The summed E-state index contributed by atoms with van der Waals surface area (Å²) in [4.78, 5) is 12.7. The van der Waals surface area contributed by atoms with Crippen LogP contribution < -0.4 is 10.1 Å². The summed E-state index contributed by atoms with van der Waals surface area (Å²) < 4.78 is 7.47. The molecule has 0 aliphatic heterocycles. The number of rotatable bonds is 9. The van der Waals surface area contributed by atoms with Gasteiger partial charge in [0.1, 0.15) is 5.75 Å². The van der Waals surface area contributed by atoms with Gasteiger partial charge in [0.05, 0.1) is 24.5 Å². The molecule has 1 amide bonds. The van der Waals surface area contributed by atoms with E-state index in [1.807, 2.05) is 66.1 Å². The minimum atomic E-state index is -0.0213. The number of ether oxygens (including phenoxy) is 1. The van der Waals surface area contributed by atoms with Gasteiger partial charge < -0.3 is 14.6 Å². The minimum Gasteiger partial charge on any atom is -0.496 e. The van der Waals surface area contributed by atoms with Crippen molar-refractivity contribution in [1.29, 1.82) is 0 Å². The van der Waals surface area contributed by atoms with Crippen LogP contribution in [0.5, 0.6) is 5.75 Å². The number of hydrogen-bond acceptors (Lipinski definition) is 5. The maximum atomic E-state index is 12.7. The number of nitrogens with one attached hydrogen (secondary N) is 1. The first kappa shape index (κ1) is 21.9. The Morgan fingerprint density at radius 3 is 2.47 bits per heavy atom. The van der Waals surface area contributed by atoms with Crippen LogP contribution in [-0.2, 0) is 11.3 Å². The second-order valence-electron chi connectivity index (χ2n) is 7.24. The summed E-state index contributed by atoms with van der Waals surface area (Å²) in [5.41, 5.74) is 2.00. The Morgan fingerprint density at radius 1 is 1.10 bits per heavy atom. The Kier molecular flexibility index (Phi) is 7.52. The first-order valence-corrected chi connectivity index (χ1v) is 11.1. The van der Waals surface area contributed by atoms with Gasteiger partial charge in [-0.3, -0.25) is 4.79 Å². The molecule has 0 aliphatic rings. The molecule has 0 fully saturated rings. The predicted molar refractivity (Wildman–Crippen MR) is 121 cm³/mol. The van der Waals surface area contributed by atoms with E-state index in [1.165, 1.54) is 11.8 Å². The monoisotopic (exact) mass is 424 g/mol. The largest absolute Gasteiger partial charge is 0.496 e. The third-order valence-electron chi connectivity index (χ3n) is 4.86. The van der Waals surface area contributed by atoms with Crippen molar-refractivity contribution in [3.05, 3.63) is 60.2 Å². The van der Waals surface area contributed by atoms with Crippen LogP contribution in [0.1, 0.15) is 32.4 Å². The first-order valence-electron chi connectivity index (χ1n) is 10.1. The fourth-order valence-corrected chi connectivity index (χ4v) is 4.16. The summed E-state index contributed by atoms with van der Waals surface area (Å²) in [6, 6.07) is 17.8. The van der Waals surface area contributed by atoms with Crippen LogP contribution >= 0.6 is 11.8 Å². The molecule has 0 spiro atoms. The van der Waals surface area contributed by atoms with Gasteiger partial charge in [0, 0.05) is 6.54 Å². The van der Waals surface area contributed by atoms with Crippen molar-refractivity contribution < 1.29 is 9.53 Å². The summed E-state index contributed by atoms with van der Waals surface area (Å²) in [6.07, 6.45) is 0. The molecule has 3 aromatic rings. The van der Waals surface area contributed by atoms with Gasteiger partial charge in [-0.1, -0.05) is 68.1 Å². The van der Waals surface area contributed by atoms with E-state index in [4.69, 9.17) is 4.74 Å². The SMILES string of the molecule is CCn1c(SCC(=O)NC(c2ccccc2)C(C)C)nnc1-c1ccccc1OC. The zero-order valence-corrected chi connectivity index (χ0v) is 18.6. The van der Waals surface area contributed by atoms with Crippen molar-refractivity contribution in [2.45, 2.75) is 38.5 Å². The van der Waals surface area contributed by atoms with Gasteiger partial charge in [-0.15, -0.1) is 10.2 Å². The fraction of sp³-hybridized carbons (Fsp3) is 0.348. The molecule has 3 rings (SSSR count). The van der Waals surface area contributed by atoms with Crippen molar-refractivity contribution in [3.63, 3.8) is 0 Å². The lowest BCUT2D eigenvalue weighted by molar-refractivity contribution is -0.119. The van der Waals surface area contributed by atoms with Crippen LogP contribution in [0.15, 0.2) is 59.8 Å². The summed E-state index contributed by atoms with van der Waals surface area (Å²) >= 11 is 1.39. The first-order chi connectivity index (χ1) is 14.5. The normalized spacial score (nSPS) is 12.0. The van der Waals surface area contributed by atoms with Gasteiger partial charge in [0.15, 0.2) is 11.0 Å². The maximum Gasteiger partial charge on any atom is 0.230 e. The average Bonchev–Trinajstić information content (AvgIpc) is 3.19. The molecule has 0 aliphatic carbocycles. The zero-order valence-electron chi connectivity index (χ0n) is 17.8. The minimum absolute atomic E-state index is 0.0208. The smallest absolute Gasteiger partial charge is 0.230 e. The molecule has 30 heavy (non-hydrogen) atoms. The summed E-state index contributed by atoms with van der Waals surface area (Å²) in [5, 5.41) is 12.6. The zero-order chi connectivity index (χ0) is 21.5. The van der Waals surface area contributed by atoms with Crippen LogP contribution in [0, 0.1) is 5.92 Å². The van der Waals surface area contributed by atoms with Crippen molar-refractivity contribution in [2.75, 3.05) is 12.9 Å². The highest BCUT2D eigenvalue weighted by atomic mass is 32.2. The van der Waals surface area contributed by atoms with E-state index in [-0.39, 0.29) is 23.6 Å². The lowest BCUT2D eigenvalue weighted by atomic mass is 9.96. The Bertz CT molecular complexity index is 972. The number of methoxy groups -OCH3 is 1. The predicted octanol–water partition coefficient (Wildman–Crippen LogP) is 4.58. The number of para-hydroxylation sites is 1. The summed E-state index contributed by atoms with van der Waals surface area (Å²) in [6.45, 7) is 6.95.